The highest BCUT2D eigenvalue weighted by atomic mass is 32.1. The lowest BCUT2D eigenvalue weighted by atomic mass is 10.3. The Bertz CT molecular complexity index is 287. The van der Waals surface area contributed by atoms with E-state index in [4.69, 9.17) is 14.2 Å². The Morgan fingerprint density at radius 2 is 1.47 bits per heavy atom. The van der Waals surface area contributed by atoms with Crippen molar-refractivity contribution in [3.05, 3.63) is 24.3 Å². The van der Waals surface area contributed by atoms with Crippen molar-refractivity contribution in [1.29, 1.82) is 0 Å². The van der Waals surface area contributed by atoms with Crippen LogP contribution >= 0.6 is 12.6 Å². The molecule has 0 radical (unpaired) electrons. The molecule has 17 heavy (non-hydrogen) atoms. The van der Waals surface area contributed by atoms with Crippen LogP contribution in [0.5, 0.6) is 11.5 Å². The minimum Gasteiger partial charge on any atom is -0.494 e. The lowest BCUT2D eigenvalue weighted by molar-refractivity contribution is 0.112. The van der Waals surface area contributed by atoms with Crippen molar-refractivity contribution >= 4 is 12.6 Å². The van der Waals surface area contributed by atoms with E-state index >= 15 is 0 Å². The topological polar surface area (TPSA) is 27.7 Å². The smallest absolute Gasteiger partial charge is 0.119 e. The molecule has 96 valence electrons. The second kappa shape index (κ2) is 9.19. The van der Waals surface area contributed by atoms with E-state index in [1.54, 1.807) is 0 Å². The van der Waals surface area contributed by atoms with Crippen molar-refractivity contribution in [2.45, 2.75) is 13.3 Å². The fourth-order valence-corrected chi connectivity index (χ4v) is 1.37. The van der Waals surface area contributed by atoms with E-state index in [9.17, 15) is 0 Å². The Hall–Kier alpha value is -0.870. The molecule has 0 spiro atoms. The maximum absolute atomic E-state index is 5.51. The molecule has 0 aliphatic heterocycles. The first-order valence-corrected chi connectivity index (χ1v) is 6.54. The molecule has 0 N–H and O–H groups in total. The summed E-state index contributed by atoms with van der Waals surface area (Å²) in [6.07, 6.45) is 1.01. The fourth-order valence-electron chi connectivity index (χ4n) is 1.24. The molecule has 0 aliphatic carbocycles. The summed E-state index contributed by atoms with van der Waals surface area (Å²) in [6, 6.07) is 7.65. The third-order valence-corrected chi connectivity index (χ3v) is 2.21. The van der Waals surface area contributed by atoms with Gasteiger partial charge in [0.1, 0.15) is 18.1 Å². The maximum atomic E-state index is 5.51. The average Bonchev–Trinajstić information content (AvgIpc) is 2.37. The van der Waals surface area contributed by atoms with Crippen molar-refractivity contribution in [3.8, 4) is 11.5 Å². The molecular weight excluding hydrogens is 236 g/mol. The summed E-state index contributed by atoms with van der Waals surface area (Å²) in [7, 11) is 0. The summed E-state index contributed by atoms with van der Waals surface area (Å²) in [5, 5.41) is 0. The number of benzene rings is 1. The van der Waals surface area contributed by atoms with Gasteiger partial charge in [0.05, 0.1) is 19.8 Å². The number of rotatable bonds is 9. The van der Waals surface area contributed by atoms with Gasteiger partial charge >= 0.3 is 0 Å². The molecule has 0 aromatic heterocycles. The van der Waals surface area contributed by atoms with E-state index in [2.05, 4.69) is 19.6 Å². The first-order valence-electron chi connectivity index (χ1n) is 5.91. The van der Waals surface area contributed by atoms with Crippen LogP contribution < -0.4 is 9.47 Å². The second-order valence-electron chi connectivity index (χ2n) is 3.50. The van der Waals surface area contributed by atoms with Crippen LogP contribution in [0.2, 0.25) is 0 Å². The molecule has 4 heteroatoms. The zero-order chi connectivity index (χ0) is 12.3. The van der Waals surface area contributed by atoms with Crippen molar-refractivity contribution in [2.24, 2.45) is 0 Å². The largest absolute Gasteiger partial charge is 0.494 e. The molecule has 0 bridgehead atoms. The summed E-state index contributed by atoms with van der Waals surface area (Å²) in [5.41, 5.74) is 0. The highest BCUT2D eigenvalue weighted by molar-refractivity contribution is 7.80. The van der Waals surface area contributed by atoms with Gasteiger partial charge in [0.25, 0.3) is 0 Å². The van der Waals surface area contributed by atoms with E-state index in [1.807, 2.05) is 24.3 Å². The number of hydrogen-bond acceptors (Lipinski definition) is 4. The molecule has 0 amide bonds. The summed E-state index contributed by atoms with van der Waals surface area (Å²) in [6.45, 7) is 4.65. The molecule has 1 aromatic carbocycles. The lowest BCUT2D eigenvalue weighted by Crippen LogP contribution is -2.07. The first kappa shape index (κ1) is 14.2. The molecule has 0 saturated heterocycles. The van der Waals surface area contributed by atoms with Gasteiger partial charge in [-0.2, -0.15) is 12.6 Å². The Morgan fingerprint density at radius 1 is 0.882 bits per heavy atom. The zero-order valence-electron chi connectivity index (χ0n) is 10.2. The predicted octanol–water partition coefficient (Wildman–Crippen LogP) is 2.80. The Balaban J connectivity index is 2.20. The van der Waals surface area contributed by atoms with Crippen LogP contribution in [0.4, 0.5) is 0 Å². The number of thiol groups is 1. The SMILES string of the molecule is CCCOc1ccc(OCCOCCS)cc1. The van der Waals surface area contributed by atoms with E-state index in [0.29, 0.717) is 19.8 Å². The molecule has 0 heterocycles. The van der Waals surface area contributed by atoms with Crippen LogP contribution in [0.15, 0.2) is 24.3 Å². The normalized spacial score (nSPS) is 10.2. The van der Waals surface area contributed by atoms with Crippen LogP contribution in [0, 0.1) is 0 Å². The first-order chi connectivity index (χ1) is 8.36. The maximum Gasteiger partial charge on any atom is 0.119 e. The molecule has 0 atom stereocenters. The van der Waals surface area contributed by atoms with Crippen molar-refractivity contribution < 1.29 is 14.2 Å². The number of ether oxygens (including phenoxy) is 3. The standard InChI is InChI=1S/C13H20O3S/c1-2-7-15-12-3-5-13(6-4-12)16-9-8-14-10-11-17/h3-6,17H,2,7-11H2,1H3. The lowest BCUT2D eigenvalue weighted by Gasteiger charge is -2.08. The van der Waals surface area contributed by atoms with Gasteiger partial charge < -0.3 is 14.2 Å². The molecule has 1 aromatic rings. The van der Waals surface area contributed by atoms with Crippen molar-refractivity contribution in [2.75, 3.05) is 32.2 Å². The molecular formula is C13H20O3S. The van der Waals surface area contributed by atoms with Gasteiger partial charge in [0.15, 0.2) is 0 Å². The molecule has 0 fully saturated rings. The monoisotopic (exact) mass is 256 g/mol. The molecule has 1 rings (SSSR count). The van der Waals surface area contributed by atoms with E-state index < -0.39 is 0 Å². The van der Waals surface area contributed by atoms with Crippen LogP contribution in [-0.4, -0.2) is 32.2 Å². The van der Waals surface area contributed by atoms with Crippen LogP contribution in [0.1, 0.15) is 13.3 Å². The van der Waals surface area contributed by atoms with Gasteiger partial charge in [-0.25, -0.2) is 0 Å². The van der Waals surface area contributed by atoms with Crippen LogP contribution in [0.3, 0.4) is 0 Å². The zero-order valence-corrected chi connectivity index (χ0v) is 11.1. The van der Waals surface area contributed by atoms with Gasteiger partial charge in [0.2, 0.25) is 0 Å². The van der Waals surface area contributed by atoms with Gasteiger partial charge in [-0.1, -0.05) is 6.92 Å². The highest BCUT2D eigenvalue weighted by Crippen LogP contribution is 2.17. The highest BCUT2D eigenvalue weighted by Gasteiger charge is 1.96. The summed E-state index contributed by atoms with van der Waals surface area (Å²) >= 11 is 4.05. The summed E-state index contributed by atoms with van der Waals surface area (Å²) < 4.78 is 16.2. The minimum absolute atomic E-state index is 0.558. The van der Waals surface area contributed by atoms with Gasteiger partial charge in [-0.05, 0) is 30.7 Å². The van der Waals surface area contributed by atoms with E-state index in [1.165, 1.54) is 0 Å². The quantitative estimate of drug-likeness (QED) is 0.544. The third-order valence-electron chi connectivity index (χ3n) is 2.03. The van der Waals surface area contributed by atoms with E-state index in [0.717, 1.165) is 30.3 Å². The predicted molar refractivity (Wildman–Crippen MR) is 72.4 cm³/mol. The molecule has 3 nitrogen and oxygen atoms in total. The Labute approximate surface area is 108 Å². The van der Waals surface area contributed by atoms with Crippen LogP contribution in [0.25, 0.3) is 0 Å². The van der Waals surface area contributed by atoms with Gasteiger partial charge in [-0.3, -0.25) is 0 Å². The molecule has 0 saturated carbocycles. The summed E-state index contributed by atoms with van der Waals surface area (Å²) in [4.78, 5) is 0. The number of hydrogen-bond donors (Lipinski definition) is 1. The Morgan fingerprint density at radius 3 is 2.00 bits per heavy atom. The Kier molecular flexibility index (Phi) is 7.67. The molecule has 0 aliphatic rings. The van der Waals surface area contributed by atoms with Crippen molar-refractivity contribution in [1.82, 2.24) is 0 Å². The minimum atomic E-state index is 0.558. The fraction of sp³-hybridized carbons (Fsp3) is 0.538. The van der Waals surface area contributed by atoms with Crippen molar-refractivity contribution in [3.63, 3.8) is 0 Å². The molecule has 0 unspecified atom stereocenters. The van der Waals surface area contributed by atoms with Gasteiger partial charge in [0, 0.05) is 5.75 Å². The third kappa shape index (κ3) is 6.44. The second-order valence-corrected chi connectivity index (χ2v) is 3.95. The van der Waals surface area contributed by atoms with Gasteiger partial charge in [-0.15, -0.1) is 0 Å². The van der Waals surface area contributed by atoms with Crippen LogP contribution in [-0.2, 0) is 4.74 Å². The average molecular weight is 256 g/mol. The summed E-state index contributed by atoms with van der Waals surface area (Å²) in [5.74, 6) is 2.46. The van der Waals surface area contributed by atoms with E-state index in [-0.39, 0.29) is 0 Å².